The zero-order chi connectivity index (χ0) is 14.5. The van der Waals surface area contributed by atoms with E-state index in [9.17, 15) is 13.2 Å². The molecule has 0 spiro atoms. The largest absolute Gasteiger partial charge is 0.493 e. The van der Waals surface area contributed by atoms with Crippen LogP contribution in [0.25, 0.3) is 0 Å². The van der Waals surface area contributed by atoms with Crippen molar-refractivity contribution < 1.29 is 17.9 Å². The molecule has 0 heterocycles. The number of anilines is 1. The van der Waals surface area contributed by atoms with Crippen LogP contribution in [0.2, 0.25) is 0 Å². The van der Waals surface area contributed by atoms with Crippen LogP contribution in [0.5, 0.6) is 5.75 Å². The average molecular weight is 292 g/mol. The van der Waals surface area contributed by atoms with Gasteiger partial charge in [-0.1, -0.05) is 13.3 Å². The van der Waals surface area contributed by atoms with Gasteiger partial charge in [0, 0.05) is 5.69 Å². The minimum absolute atomic E-state index is 0.0900. The third-order valence-electron chi connectivity index (χ3n) is 2.31. The highest BCUT2D eigenvalue weighted by molar-refractivity contribution is 7.80. The number of thiocarbonyl (C=S) groups is 1. The van der Waals surface area contributed by atoms with E-state index < -0.39 is 11.7 Å². The number of halogens is 3. The van der Waals surface area contributed by atoms with Crippen LogP contribution in [0.3, 0.4) is 0 Å². The second kappa shape index (κ2) is 6.60. The van der Waals surface area contributed by atoms with E-state index in [1.807, 2.05) is 6.92 Å². The van der Waals surface area contributed by atoms with E-state index in [1.54, 1.807) is 0 Å². The Kier molecular flexibility index (Phi) is 5.41. The molecule has 0 aliphatic heterocycles. The highest BCUT2D eigenvalue weighted by atomic mass is 32.1. The summed E-state index contributed by atoms with van der Waals surface area (Å²) in [6, 6.07) is 3.63. The number of hydrogen-bond acceptors (Lipinski definition) is 2. The Labute approximate surface area is 114 Å². The molecule has 106 valence electrons. The zero-order valence-electron chi connectivity index (χ0n) is 10.4. The minimum Gasteiger partial charge on any atom is -0.493 e. The summed E-state index contributed by atoms with van der Waals surface area (Å²) >= 11 is 4.59. The molecule has 0 aliphatic carbocycles. The number of ether oxygens (including phenoxy) is 1. The van der Waals surface area contributed by atoms with Crippen LogP contribution in [0.15, 0.2) is 18.2 Å². The lowest BCUT2D eigenvalue weighted by Crippen LogP contribution is -2.19. The first-order valence-corrected chi connectivity index (χ1v) is 6.16. The molecule has 1 rings (SSSR count). The predicted molar refractivity (Wildman–Crippen MR) is 72.3 cm³/mol. The Morgan fingerprint density at radius 1 is 1.42 bits per heavy atom. The van der Waals surface area contributed by atoms with E-state index in [0.717, 1.165) is 12.5 Å². The first kappa shape index (κ1) is 15.6. The molecule has 0 radical (unpaired) electrons. The van der Waals surface area contributed by atoms with Gasteiger partial charge in [-0.25, -0.2) is 0 Å². The lowest BCUT2D eigenvalue weighted by Gasteiger charge is -2.15. The number of nitrogens with one attached hydrogen (secondary N) is 1. The van der Waals surface area contributed by atoms with Gasteiger partial charge in [-0.05, 0) is 36.8 Å². The van der Waals surface area contributed by atoms with Crippen LogP contribution in [-0.2, 0) is 6.18 Å². The molecule has 1 aromatic carbocycles. The number of nitrogens with two attached hydrogens (primary N) is 1. The third kappa shape index (κ3) is 4.94. The van der Waals surface area contributed by atoms with Crippen molar-refractivity contribution in [3.63, 3.8) is 0 Å². The number of unbranched alkanes of at least 4 members (excludes halogenated alkanes) is 1. The second-order valence-corrected chi connectivity index (χ2v) is 4.34. The highest BCUT2D eigenvalue weighted by Gasteiger charge is 2.34. The van der Waals surface area contributed by atoms with E-state index in [-0.39, 0.29) is 23.2 Å². The fourth-order valence-corrected chi connectivity index (χ4v) is 1.54. The molecule has 0 atom stereocenters. The third-order valence-corrected chi connectivity index (χ3v) is 2.41. The Morgan fingerprint density at radius 3 is 2.63 bits per heavy atom. The predicted octanol–water partition coefficient (Wildman–Crippen LogP) is 3.54. The molecule has 0 aromatic heterocycles. The molecule has 0 bridgehead atoms. The molecule has 0 amide bonds. The average Bonchev–Trinajstić information content (AvgIpc) is 2.29. The second-order valence-electron chi connectivity index (χ2n) is 3.90. The van der Waals surface area contributed by atoms with E-state index in [1.165, 1.54) is 12.1 Å². The van der Waals surface area contributed by atoms with Gasteiger partial charge in [0.05, 0.1) is 12.2 Å². The maximum absolute atomic E-state index is 12.9. The topological polar surface area (TPSA) is 47.3 Å². The number of hydrogen-bond donors (Lipinski definition) is 2. The number of benzene rings is 1. The fraction of sp³-hybridized carbons (Fsp3) is 0.417. The molecular formula is C12H15F3N2OS. The summed E-state index contributed by atoms with van der Waals surface area (Å²) in [6.07, 6.45) is -2.94. The maximum atomic E-state index is 12.9. The lowest BCUT2D eigenvalue weighted by atomic mass is 10.1. The van der Waals surface area contributed by atoms with Gasteiger partial charge in [-0.2, -0.15) is 13.2 Å². The van der Waals surface area contributed by atoms with Crippen molar-refractivity contribution in [3.8, 4) is 5.75 Å². The van der Waals surface area contributed by atoms with Crippen LogP contribution in [0.1, 0.15) is 25.3 Å². The van der Waals surface area contributed by atoms with Crippen LogP contribution in [-0.4, -0.2) is 11.7 Å². The van der Waals surface area contributed by atoms with Crippen molar-refractivity contribution >= 4 is 23.0 Å². The first-order valence-electron chi connectivity index (χ1n) is 5.75. The van der Waals surface area contributed by atoms with Crippen molar-refractivity contribution in [1.29, 1.82) is 0 Å². The lowest BCUT2D eigenvalue weighted by molar-refractivity contribution is -0.138. The van der Waals surface area contributed by atoms with Gasteiger partial charge >= 0.3 is 6.18 Å². The molecule has 0 fully saturated rings. The van der Waals surface area contributed by atoms with E-state index in [0.29, 0.717) is 6.42 Å². The molecule has 0 saturated heterocycles. The molecule has 3 N–H and O–H groups in total. The van der Waals surface area contributed by atoms with Crippen molar-refractivity contribution in [3.05, 3.63) is 23.8 Å². The first-order chi connectivity index (χ1) is 8.84. The van der Waals surface area contributed by atoms with Gasteiger partial charge < -0.3 is 15.8 Å². The number of alkyl halides is 3. The molecule has 0 aliphatic rings. The summed E-state index contributed by atoms with van der Waals surface area (Å²) in [5.41, 5.74) is 4.57. The Morgan fingerprint density at radius 2 is 2.11 bits per heavy atom. The van der Waals surface area contributed by atoms with Crippen LogP contribution < -0.4 is 15.8 Å². The SMILES string of the molecule is CCCCOc1ccc(NC(N)=S)cc1C(F)(F)F. The van der Waals surface area contributed by atoms with Gasteiger partial charge in [0.2, 0.25) is 0 Å². The molecule has 0 unspecified atom stereocenters. The van der Waals surface area contributed by atoms with E-state index in [4.69, 9.17) is 10.5 Å². The van der Waals surface area contributed by atoms with Gasteiger partial charge in [-0.15, -0.1) is 0 Å². The standard InChI is InChI=1S/C12H15F3N2OS/c1-2-3-6-18-10-5-4-8(17-11(16)19)7-9(10)12(13,14)15/h4-5,7H,2-3,6H2,1H3,(H3,16,17,19). The van der Waals surface area contributed by atoms with Crippen LogP contribution >= 0.6 is 12.2 Å². The van der Waals surface area contributed by atoms with Gasteiger partial charge in [0.25, 0.3) is 0 Å². The Bertz CT molecular complexity index is 449. The molecule has 0 saturated carbocycles. The summed E-state index contributed by atoms with van der Waals surface area (Å²) in [7, 11) is 0. The summed E-state index contributed by atoms with van der Waals surface area (Å²) in [4.78, 5) is 0. The van der Waals surface area contributed by atoms with E-state index >= 15 is 0 Å². The van der Waals surface area contributed by atoms with Crippen molar-refractivity contribution in [2.75, 3.05) is 11.9 Å². The molecule has 19 heavy (non-hydrogen) atoms. The van der Waals surface area contributed by atoms with Gasteiger partial charge in [0.15, 0.2) is 5.11 Å². The van der Waals surface area contributed by atoms with Gasteiger partial charge in [0.1, 0.15) is 5.75 Å². The highest BCUT2D eigenvalue weighted by Crippen LogP contribution is 2.37. The van der Waals surface area contributed by atoms with Crippen LogP contribution in [0, 0.1) is 0 Å². The van der Waals surface area contributed by atoms with Crippen molar-refractivity contribution in [1.82, 2.24) is 0 Å². The molecule has 7 heteroatoms. The molecule has 3 nitrogen and oxygen atoms in total. The fourth-order valence-electron chi connectivity index (χ4n) is 1.42. The summed E-state index contributed by atoms with van der Waals surface area (Å²) < 4.78 is 43.9. The quantitative estimate of drug-likeness (QED) is 0.643. The molecule has 1 aromatic rings. The zero-order valence-corrected chi connectivity index (χ0v) is 11.2. The van der Waals surface area contributed by atoms with E-state index in [2.05, 4.69) is 17.5 Å². The van der Waals surface area contributed by atoms with Crippen molar-refractivity contribution in [2.24, 2.45) is 5.73 Å². The summed E-state index contributed by atoms with van der Waals surface area (Å²) in [5, 5.41) is 2.38. The normalized spacial score (nSPS) is 11.2. The maximum Gasteiger partial charge on any atom is 0.420 e. The Hall–Kier alpha value is -1.50. The minimum atomic E-state index is -4.49. The summed E-state index contributed by atoms with van der Waals surface area (Å²) in [5.74, 6) is -0.186. The van der Waals surface area contributed by atoms with Crippen molar-refractivity contribution in [2.45, 2.75) is 25.9 Å². The summed E-state index contributed by atoms with van der Waals surface area (Å²) in [6.45, 7) is 2.19. The van der Waals surface area contributed by atoms with Crippen LogP contribution in [0.4, 0.5) is 18.9 Å². The number of rotatable bonds is 5. The Balaban J connectivity index is 2.99. The smallest absolute Gasteiger partial charge is 0.420 e. The monoisotopic (exact) mass is 292 g/mol. The van der Waals surface area contributed by atoms with Gasteiger partial charge in [-0.3, -0.25) is 0 Å². The molecular weight excluding hydrogens is 277 g/mol.